The van der Waals surface area contributed by atoms with Crippen LogP contribution in [0.2, 0.25) is 0 Å². The molecular weight excluding hydrogens is 615 g/mol. The summed E-state index contributed by atoms with van der Waals surface area (Å²) in [6.45, 7) is 8.15. The first kappa shape index (κ1) is 48.2. The third-order valence-electron chi connectivity index (χ3n) is 11.8. The van der Waals surface area contributed by atoms with Gasteiger partial charge in [0.2, 0.25) is 0 Å². The van der Waals surface area contributed by atoms with E-state index >= 15 is 0 Å². The Morgan fingerprint density at radius 3 is 0.863 bits per heavy atom. The Morgan fingerprint density at radius 2 is 0.549 bits per heavy atom. The van der Waals surface area contributed by atoms with Crippen LogP contribution in [0.5, 0.6) is 0 Å². The number of aromatic nitrogens is 1. The highest BCUT2D eigenvalue weighted by Gasteiger charge is 2.10. The van der Waals surface area contributed by atoms with E-state index in [0.29, 0.717) is 0 Å². The van der Waals surface area contributed by atoms with Crippen LogP contribution >= 0.6 is 0 Å². The molecule has 300 valence electrons. The molecule has 51 heavy (non-hydrogen) atoms. The molecule has 1 heteroatoms. The lowest BCUT2D eigenvalue weighted by molar-refractivity contribution is -0.697. The smallest absolute Gasteiger partial charge is 0.172 e. The summed E-state index contributed by atoms with van der Waals surface area (Å²) < 4.78 is 2.53. The van der Waals surface area contributed by atoms with Gasteiger partial charge in [-0.3, -0.25) is 0 Å². The standard InChI is InChI=1S/C50H96N/c1-4-7-10-13-16-18-20-22-24-26-28-30-32-34-37-40-43-49-45-47-51(46-42-39-36-15-12-9-6-3)48-50(49)44-41-38-35-33-31-29-27-25-23-21-19-17-14-11-8-5-2/h45,47-48H,4-44,46H2,1-3H3/q+1. The number of rotatable bonds is 42. The third-order valence-corrected chi connectivity index (χ3v) is 11.8. The van der Waals surface area contributed by atoms with Crippen LogP contribution in [0, 0.1) is 0 Å². The largest absolute Gasteiger partial charge is 0.205 e. The van der Waals surface area contributed by atoms with Gasteiger partial charge in [-0.25, -0.2) is 4.57 Å². The van der Waals surface area contributed by atoms with Gasteiger partial charge in [-0.1, -0.05) is 245 Å². The van der Waals surface area contributed by atoms with Gasteiger partial charge in [0.15, 0.2) is 12.4 Å². The summed E-state index contributed by atoms with van der Waals surface area (Å²) in [7, 11) is 0. The fourth-order valence-corrected chi connectivity index (χ4v) is 8.21. The van der Waals surface area contributed by atoms with Crippen LogP contribution in [0.15, 0.2) is 18.5 Å². The van der Waals surface area contributed by atoms with Gasteiger partial charge < -0.3 is 0 Å². The average Bonchev–Trinajstić information content (AvgIpc) is 3.14. The molecule has 0 saturated carbocycles. The predicted molar refractivity (Wildman–Crippen MR) is 231 cm³/mol. The lowest BCUT2D eigenvalue weighted by atomic mass is 9.97. The molecule has 0 unspecified atom stereocenters. The first-order chi connectivity index (χ1) is 25.3. The minimum absolute atomic E-state index is 1.21. The Labute approximate surface area is 323 Å². The lowest BCUT2D eigenvalue weighted by Gasteiger charge is -2.10. The molecule has 0 amide bonds. The zero-order valence-corrected chi connectivity index (χ0v) is 35.9. The molecule has 0 bridgehead atoms. The van der Waals surface area contributed by atoms with Crippen molar-refractivity contribution in [3.05, 3.63) is 29.6 Å². The molecule has 1 rings (SSSR count). The molecule has 1 heterocycles. The van der Waals surface area contributed by atoms with Crippen molar-refractivity contribution in [1.82, 2.24) is 0 Å². The molecule has 0 aliphatic heterocycles. The van der Waals surface area contributed by atoms with Crippen molar-refractivity contribution in [2.45, 2.75) is 291 Å². The number of pyridine rings is 1. The van der Waals surface area contributed by atoms with Gasteiger partial charge in [0.25, 0.3) is 0 Å². The van der Waals surface area contributed by atoms with Crippen LogP contribution in [0.1, 0.15) is 282 Å². The van der Waals surface area contributed by atoms with Crippen LogP contribution in [-0.4, -0.2) is 0 Å². The van der Waals surface area contributed by atoms with Crippen molar-refractivity contribution < 1.29 is 4.57 Å². The van der Waals surface area contributed by atoms with E-state index in [-0.39, 0.29) is 0 Å². The van der Waals surface area contributed by atoms with Crippen molar-refractivity contribution in [3.63, 3.8) is 0 Å². The molecule has 0 fully saturated rings. The van der Waals surface area contributed by atoms with Crippen molar-refractivity contribution in [2.24, 2.45) is 0 Å². The highest BCUT2D eigenvalue weighted by atomic mass is 14.9. The van der Waals surface area contributed by atoms with Crippen LogP contribution in [-0.2, 0) is 19.4 Å². The maximum atomic E-state index is 2.56. The normalized spacial score (nSPS) is 11.6. The molecule has 0 spiro atoms. The van der Waals surface area contributed by atoms with E-state index in [9.17, 15) is 0 Å². The minimum Gasteiger partial charge on any atom is -0.205 e. The molecule has 0 N–H and O–H groups in total. The quantitative estimate of drug-likeness (QED) is 0.0470. The van der Waals surface area contributed by atoms with E-state index in [1.807, 2.05) is 0 Å². The highest BCUT2D eigenvalue weighted by molar-refractivity contribution is 5.21. The number of hydrogen-bond acceptors (Lipinski definition) is 0. The van der Waals surface area contributed by atoms with Gasteiger partial charge in [0.1, 0.15) is 6.54 Å². The predicted octanol–water partition coefficient (Wildman–Crippen LogP) is 17.3. The van der Waals surface area contributed by atoms with E-state index in [4.69, 9.17) is 0 Å². The Bertz CT molecular complexity index is 798. The summed E-state index contributed by atoms with van der Waals surface area (Å²) in [5.41, 5.74) is 3.34. The van der Waals surface area contributed by atoms with Crippen molar-refractivity contribution in [3.8, 4) is 0 Å². The Balaban J connectivity index is 2.23. The summed E-state index contributed by atoms with van der Waals surface area (Å²) in [5.74, 6) is 0. The monoisotopic (exact) mass is 711 g/mol. The molecule has 0 aromatic carbocycles. The molecule has 0 aliphatic carbocycles. The van der Waals surface area contributed by atoms with Gasteiger partial charge in [0.05, 0.1) is 0 Å². The molecule has 0 saturated heterocycles. The summed E-state index contributed by atoms with van der Waals surface area (Å²) >= 11 is 0. The van der Waals surface area contributed by atoms with Crippen LogP contribution in [0.25, 0.3) is 0 Å². The molecule has 1 nitrogen and oxygen atoms in total. The summed E-state index contributed by atoms with van der Waals surface area (Å²) in [6.07, 6.45) is 63.8. The third kappa shape index (κ3) is 33.5. The van der Waals surface area contributed by atoms with E-state index in [0.717, 1.165) is 0 Å². The summed E-state index contributed by atoms with van der Waals surface area (Å²) in [6, 6.07) is 2.51. The van der Waals surface area contributed by atoms with Gasteiger partial charge in [0, 0.05) is 18.1 Å². The summed E-state index contributed by atoms with van der Waals surface area (Å²) in [4.78, 5) is 0. The number of nitrogens with zero attached hydrogens (tertiary/aromatic N) is 1. The van der Waals surface area contributed by atoms with Gasteiger partial charge >= 0.3 is 0 Å². The van der Waals surface area contributed by atoms with Crippen molar-refractivity contribution in [1.29, 1.82) is 0 Å². The molecule has 0 atom stereocenters. The van der Waals surface area contributed by atoms with Crippen LogP contribution in [0.3, 0.4) is 0 Å². The number of unbranched alkanes of at least 4 members (excludes halogenated alkanes) is 36. The highest BCUT2D eigenvalue weighted by Crippen LogP contribution is 2.19. The van der Waals surface area contributed by atoms with E-state index in [2.05, 4.69) is 43.8 Å². The zero-order chi connectivity index (χ0) is 36.6. The summed E-state index contributed by atoms with van der Waals surface area (Å²) in [5, 5.41) is 0. The first-order valence-electron chi connectivity index (χ1n) is 24.3. The average molecular weight is 711 g/mol. The number of hydrogen-bond donors (Lipinski definition) is 0. The maximum Gasteiger partial charge on any atom is 0.172 e. The second kappa shape index (κ2) is 40.3. The Hall–Kier alpha value is -0.850. The minimum atomic E-state index is 1.21. The van der Waals surface area contributed by atoms with E-state index < -0.39 is 0 Å². The Morgan fingerprint density at radius 1 is 0.294 bits per heavy atom. The van der Waals surface area contributed by atoms with Crippen LogP contribution in [0.4, 0.5) is 0 Å². The zero-order valence-electron chi connectivity index (χ0n) is 35.9. The molecule has 0 radical (unpaired) electrons. The number of aryl methyl sites for hydroxylation is 3. The van der Waals surface area contributed by atoms with Crippen LogP contribution < -0.4 is 4.57 Å². The van der Waals surface area contributed by atoms with E-state index in [1.54, 1.807) is 11.1 Å². The second-order valence-electron chi connectivity index (χ2n) is 17.0. The first-order valence-corrected chi connectivity index (χ1v) is 24.3. The van der Waals surface area contributed by atoms with Gasteiger partial charge in [-0.15, -0.1) is 0 Å². The molecular formula is C50H96N+. The Kier molecular flexibility index (Phi) is 38.1. The molecule has 0 aliphatic rings. The molecule has 1 aromatic rings. The second-order valence-corrected chi connectivity index (χ2v) is 17.0. The lowest BCUT2D eigenvalue weighted by Crippen LogP contribution is -2.34. The van der Waals surface area contributed by atoms with Crippen molar-refractivity contribution >= 4 is 0 Å². The van der Waals surface area contributed by atoms with Gasteiger partial charge in [-0.2, -0.15) is 0 Å². The fourth-order valence-electron chi connectivity index (χ4n) is 8.21. The SMILES string of the molecule is CCCCCCCCCCCCCCCCCCc1cc[n+](CCCCCCCCC)cc1CCCCCCCCCCCCCCCCCC. The maximum absolute atomic E-state index is 2.56. The molecule has 1 aromatic heterocycles. The van der Waals surface area contributed by atoms with E-state index in [1.165, 1.54) is 270 Å². The topological polar surface area (TPSA) is 3.88 Å². The fraction of sp³-hybridized carbons (Fsp3) is 0.900. The van der Waals surface area contributed by atoms with Gasteiger partial charge in [-0.05, 0) is 37.7 Å². The van der Waals surface area contributed by atoms with Crippen molar-refractivity contribution in [2.75, 3.05) is 0 Å².